The Morgan fingerprint density at radius 1 is 0.875 bits per heavy atom. The van der Waals surface area contributed by atoms with Gasteiger partial charge in [-0.2, -0.15) is 13.5 Å². The summed E-state index contributed by atoms with van der Waals surface area (Å²) < 4.78 is 0. The van der Waals surface area contributed by atoms with Crippen LogP contribution in [0, 0.1) is 22.7 Å². The molecule has 0 saturated heterocycles. The number of rotatable bonds is 4. The van der Waals surface area contributed by atoms with E-state index in [4.69, 9.17) is 34.0 Å². The standard InChI is InChI=1S/2C5H10ClN.ClH.H2S/c2*1-4(2)5(7)3-6;;/h2*4,7H,3H2,1-2H3;1H;1H2. The van der Waals surface area contributed by atoms with Gasteiger partial charge in [0, 0.05) is 11.4 Å². The molecule has 0 aromatic heterocycles. The van der Waals surface area contributed by atoms with Crippen molar-refractivity contribution in [3.63, 3.8) is 0 Å². The van der Waals surface area contributed by atoms with Gasteiger partial charge in [0.25, 0.3) is 0 Å². The predicted octanol–water partition coefficient (Wildman–Crippen LogP) is 4.34. The molecule has 0 spiro atoms. The van der Waals surface area contributed by atoms with Crippen molar-refractivity contribution in [1.29, 1.82) is 10.8 Å². The van der Waals surface area contributed by atoms with Crippen LogP contribution in [0.4, 0.5) is 0 Å². The first-order valence-electron chi connectivity index (χ1n) is 4.63. The molecule has 0 heterocycles. The molecule has 0 unspecified atom stereocenters. The molecule has 0 aliphatic heterocycles. The van der Waals surface area contributed by atoms with Crippen LogP contribution in [0.1, 0.15) is 27.7 Å². The maximum absolute atomic E-state index is 7.06. The highest BCUT2D eigenvalue weighted by atomic mass is 35.5. The molecule has 0 fully saturated rings. The topological polar surface area (TPSA) is 47.7 Å². The average molecular weight is 310 g/mol. The Morgan fingerprint density at radius 3 is 1.06 bits per heavy atom. The van der Waals surface area contributed by atoms with Gasteiger partial charge in [-0.1, -0.05) is 27.7 Å². The van der Waals surface area contributed by atoms with E-state index in [1.807, 2.05) is 27.7 Å². The van der Waals surface area contributed by atoms with E-state index in [0.717, 1.165) is 0 Å². The molecular formula is C10H23Cl3N2S. The smallest absolute Gasteiger partial charge is 0.0603 e. The van der Waals surface area contributed by atoms with Crippen LogP contribution in [-0.4, -0.2) is 23.2 Å². The van der Waals surface area contributed by atoms with Crippen molar-refractivity contribution in [2.24, 2.45) is 11.8 Å². The van der Waals surface area contributed by atoms with Gasteiger partial charge >= 0.3 is 0 Å². The molecule has 0 saturated carbocycles. The summed E-state index contributed by atoms with van der Waals surface area (Å²) in [5.74, 6) is 1.38. The van der Waals surface area contributed by atoms with E-state index in [2.05, 4.69) is 0 Å². The highest BCUT2D eigenvalue weighted by Crippen LogP contribution is 1.95. The molecular weight excluding hydrogens is 287 g/mol. The summed E-state index contributed by atoms with van der Waals surface area (Å²) in [5.41, 5.74) is 1.23. The lowest BCUT2D eigenvalue weighted by Gasteiger charge is -1.99. The van der Waals surface area contributed by atoms with E-state index < -0.39 is 0 Å². The normalized spacial score (nSPS) is 8.50. The lowest BCUT2D eigenvalue weighted by molar-refractivity contribution is 0.872. The van der Waals surface area contributed by atoms with Gasteiger partial charge in [0.05, 0.1) is 11.8 Å². The Hall–Kier alpha value is 0.560. The van der Waals surface area contributed by atoms with Gasteiger partial charge in [0.2, 0.25) is 0 Å². The van der Waals surface area contributed by atoms with Crippen LogP contribution in [0.2, 0.25) is 0 Å². The number of hydrogen-bond donors (Lipinski definition) is 2. The van der Waals surface area contributed by atoms with Crippen LogP contribution < -0.4 is 0 Å². The Kier molecular flexibility index (Phi) is 24.7. The first kappa shape index (κ1) is 25.4. The average Bonchev–Trinajstić information content (AvgIpc) is 2.15. The lowest BCUT2D eigenvalue weighted by atomic mass is 10.1. The summed E-state index contributed by atoms with van der Waals surface area (Å²) in [5, 5.41) is 14.1. The van der Waals surface area contributed by atoms with Gasteiger partial charge in [-0.3, -0.25) is 0 Å². The maximum atomic E-state index is 7.06. The van der Waals surface area contributed by atoms with Gasteiger partial charge in [-0.05, 0) is 11.8 Å². The van der Waals surface area contributed by atoms with E-state index in [0.29, 0.717) is 35.0 Å². The molecule has 2 nitrogen and oxygen atoms in total. The summed E-state index contributed by atoms with van der Waals surface area (Å²) in [7, 11) is 0. The fraction of sp³-hybridized carbons (Fsp3) is 0.800. The Labute approximate surface area is 122 Å². The fourth-order valence-corrected chi connectivity index (χ4v) is 0.926. The van der Waals surface area contributed by atoms with Crippen LogP contribution in [-0.2, 0) is 0 Å². The van der Waals surface area contributed by atoms with Crippen molar-refractivity contribution in [1.82, 2.24) is 0 Å². The summed E-state index contributed by atoms with van der Waals surface area (Å²) in [4.78, 5) is 0. The second-order valence-corrected chi connectivity index (χ2v) is 4.16. The van der Waals surface area contributed by atoms with E-state index in [-0.39, 0.29) is 25.9 Å². The van der Waals surface area contributed by atoms with Crippen molar-refractivity contribution < 1.29 is 0 Å². The van der Waals surface area contributed by atoms with Crippen LogP contribution in [0.3, 0.4) is 0 Å². The number of nitrogens with one attached hydrogen (secondary N) is 2. The molecule has 2 N–H and O–H groups in total. The molecule has 0 aliphatic carbocycles. The molecule has 100 valence electrons. The van der Waals surface area contributed by atoms with E-state index in [1.54, 1.807) is 0 Å². The van der Waals surface area contributed by atoms with E-state index >= 15 is 0 Å². The molecule has 6 heteroatoms. The van der Waals surface area contributed by atoms with Gasteiger partial charge in [0.15, 0.2) is 0 Å². The molecule has 0 bridgehead atoms. The molecule has 0 amide bonds. The third kappa shape index (κ3) is 17.0. The highest BCUT2D eigenvalue weighted by Gasteiger charge is 1.97. The summed E-state index contributed by atoms with van der Waals surface area (Å²) in [6.45, 7) is 7.85. The highest BCUT2D eigenvalue weighted by molar-refractivity contribution is 7.59. The van der Waals surface area contributed by atoms with Gasteiger partial charge in [0.1, 0.15) is 0 Å². The monoisotopic (exact) mass is 308 g/mol. The Bertz CT molecular complexity index is 165. The first-order valence-corrected chi connectivity index (χ1v) is 5.70. The van der Waals surface area contributed by atoms with Gasteiger partial charge in [-0.15, -0.1) is 35.6 Å². The second-order valence-electron chi connectivity index (χ2n) is 3.63. The third-order valence-corrected chi connectivity index (χ3v) is 2.26. The SMILES string of the molecule is CC(C)C(=N)CCl.CC(C)C(=N)CCl.Cl.S. The van der Waals surface area contributed by atoms with E-state index in [1.165, 1.54) is 0 Å². The van der Waals surface area contributed by atoms with Crippen LogP contribution in [0.15, 0.2) is 0 Å². The predicted molar refractivity (Wildman–Crippen MR) is 84.2 cm³/mol. The van der Waals surface area contributed by atoms with Crippen molar-refractivity contribution in [2.75, 3.05) is 11.8 Å². The minimum absolute atomic E-state index is 0. The van der Waals surface area contributed by atoms with Crippen molar-refractivity contribution >= 4 is 60.5 Å². The van der Waals surface area contributed by atoms with Crippen LogP contribution in [0.5, 0.6) is 0 Å². The zero-order valence-electron chi connectivity index (χ0n) is 10.2. The lowest BCUT2D eigenvalue weighted by Crippen LogP contribution is -2.05. The summed E-state index contributed by atoms with van der Waals surface area (Å²) >= 11 is 10.6. The molecule has 0 rings (SSSR count). The molecule has 16 heavy (non-hydrogen) atoms. The molecule has 0 aliphatic rings. The van der Waals surface area contributed by atoms with Crippen molar-refractivity contribution in [3.05, 3.63) is 0 Å². The first-order chi connectivity index (χ1) is 6.36. The van der Waals surface area contributed by atoms with Gasteiger partial charge in [-0.25, -0.2) is 0 Å². The number of alkyl halides is 2. The van der Waals surface area contributed by atoms with E-state index in [9.17, 15) is 0 Å². The van der Waals surface area contributed by atoms with Crippen molar-refractivity contribution in [3.8, 4) is 0 Å². The fourth-order valence-electron chi connectivity index (χ4n) is 0.309. The minimum atomic E-state index is 0. The minimum Gasteiger partial charge on any atom is -0.308 e. The van der Waals surface area contributed by atoms with Gasteiger partial charge < -0.3 is 10.8 Å². The Balaban J connectivity index is -0.0000000800. The summed E-state index contributed by atoms with van der Waals surface area (Å²) in [6.07, 6.45) is 0. The number of halogens is 3. The zero-order valence-corrected chi connectivity index (χ0v) is 13.6. The molecule has 0 atom stereocenters. The maximum Gasteiger partial charge on any atom is 0.0603 e. The second kappa shape index (κ2) is 15.6. The Morgan fingerprint density at radius 2 is 1.06 bits per heavy atom. The number of hydrogen-bond acceptors (Lipinski definition) is 2. The third-order valence-electron chi connectivity index (χ3n) is 1.68. The largest absolute Gasteiger partial charge is 0.308 e. The molecule has 0 aromatic carbocycles. The molecule has 0 radical (unpaired) electrons. The zero-order chi connectivity index (χ0) is 11.7. The quantitative estimate of drug-likeness (QED) is 0.573. The molecule has 0 aromatic rings. The van der Waals surface area contributed by atoms with Crippen molar-refractivity contribution in [2.45, 2.75) is 27.7 Å². The van der Waals surface area contributed by atoms with Crippen LogP contribution in [0.25, 0.3) is 0 Å². The summed E-state index contributed by atoms with van der Waals surface area (Å²) in [6, 6.07) is 0. The van der Waals surface area contributed by atoms with Crippen LogP contribution >= 0.6 is 49.1 Å².